The maximum atomic E-state index is 4.25. The molecular weight excluding hydrogens is 268 g/mol. The maximum Gasteiger partial charge on any atom is 0.183 e. The molecule has 0 aromatic carbocycles. The Kier molecular flexibility index (Phi) is 5.82. The molecule has 0 bridgehead atoms. The lowest BCUT2D eigenvalue weighted by molar-refractivity contribution is 0.842. The van der Waals surface area contributed by atoms with Gasteiger partial charge in [0.25, 0.3) is 0 Å². The van der Waals surface area contributed by atoms with Gasteiger partial charge in [0.05, 0.1) is 0 Å². The first kappa shape index (κ1) is 11.3. The average Bonchev–Trinajstić information content (AvgIpc) is 2.51. The molecule has 0 aliphatic carbocycles. The van der Waals surface area contributed by atoms with Crippen molar-refractivity contribution in [2.75, 3.05) is 23.9 Å². The summed E-state index contributed by atoms with van der Waals surface area (Å²) in [6.07, 6.45) is 4.64. The Morgan fingerprint density at radius 2 is 2.46 bits per heavy atom. The number of hydrogen-bond acceptors (Lipinski definition) is 4. The summed E-state index contributed by atoms with van der Waals surface area (Å²) in [7, 11) is 0. The van der Waals surface area contributed by atoms with Crippen molar-refractivity contribution >= 4 is 44.2 Å². The second-order valence-electron chi connectivity index (χ2n) is 2.60. The minimum atomic E-state index is 0.920. The van der Waals surface area contributed by atoms with E-state index in [1.165, 1.54) is 18.6 Å². The molecule has 74 valence electrons. The van der Waals surface area contributed by atoms with E-state index in [1.807, 2.05) is 17.1 Å². The Hall–Kier alpha value is 0.260. The van der Waals surface area contributed by atoms with E-state index in [0.717, 1.165) is 16.3 Å². The fourth-order valence-electron chi connectivity index (χ4n) is 0.902. The molecule has 5 heteroatoms. The van der Waals surface area contributed by atoms with Gasteiger partial charge in [0.2, 0.25) is 0 Å². The molecule has 0 unspecified atom stereocenters. The molecule has 1 N–H and O–H groups in total. The van der Waals surface area contributed by atoms with Crippen molar-refractivity contribution in [1.29, 1.82) is 0 Å². The highest BCUT2D eigenvalue weighted by atomic mass is 79.9. The normalized spacial score (nSPS) is 10.3. The van der Waals surface area contributed by atoms with Crippen LogP contribution in [-0.4, -0.2) is 23.5 Å². The number of nitrogens with one attached hydrogen (secondary N) is 1. The van der Waals surface area contributed by atoms with Crippen LogP contribution >= 0.6 is 39.0 Å². The average molecular weight is 281 g/mol. The molecule has 0 spiro atoms. The van der Waals surface area contributed by atoms with Gasteiger partial charge in [-0.3, -0.25) is 0 Å². The molecule has 0 saturated heterocycles. The number of rotatable bonds is 6. The third-order valence-corrected chi connectivity index (χ3v) is 3.73. The summed E-state index contributed by atoms with van der Waals surface area (Å²) < 4.78 is 0.920. The fraction of sp³-hybridized carbons (Fsp3) is 0.625. The maximum absolute atomic E-state index is 4.25. The zero-order chi connectivity index (χ0) is 9.52. The Morgan fingerprint density at radius 3 is 3.08 bits per heavy atom. The quantitative estimate of drug-likeness (QED) is 0.808. The number of halogens is 1. The lowest BCUT2D eigenvalue weighted by atomic mass is 10.3. The first-order valence-corrected chi connectivity index (χ1v) is 7.23. The lowest BCUT2D eigenvalue weighted by Gasteiger charge is -2.00. The minimum Gasteiger partial charge on any atom is -0.361 e. The summed E-state index contributed by atoms with van der Waals surface area (Å²) in [5.74, 6) is 1.25. The molecule has 0 amide bonds. The highest BCUT2D eigenvalue weighted by Gasteiger charge is 1.96. The largest absolute Gasteiger partial charge is 0.361 e. The summed E-state index contributed by atoms with van der Waals surface area (Å²) in [5.41, 5.74) is 0. The molecule has 1 aromatic rings. The van der Waals surface area contributed by atoms with E-state index >= 15 is 0 Å². The predicted molar refractivity (Wildman–Crippen MR) is 65.9 cm³/mol. The van der Waals surface area contributed by atoms with Crippen LogP contribution < -0.4 is 5.32 Å². The van der Waals surface area contributed by atoms with Crippen LogP contribution in [0, 0.1) is 0 Å². The SMILES string of the molecule is CSCCCCNc1nc(Br)cs1. The third kappa shape index (κ3) is 4.88. The Labute approximate surface area is 95.7 Å². The summed E-state index contributed by atoms with van der Waals surface area (Å²) >= 11 is 6.86. The molecule has 0 saturated carbocycles. The van der Waals surface area contributed by atoms with E-state index in [9.17, 15) is 0 Å². The summed E-state index contributed by atoms with van der Waals surface area (Å²) in [4.78, 5) is 4.25. The smallest absolute Gasteiger partial charge is 0.183 e. The standard InChI is InChI=1S/C8H13BrN2S2/c1-12-5-3-2-4-10-8-11-7(9)6-13-8/h6H,2-5H2,1H3,(H,10,11). The molecule has 0 aliphatic heterocycles. The molecular formula is C8H13BrN2S2. The minimum absolute atomic E-state index is 0.920. The number of anilines is 1. The Morgan fingerprint density at radius 1 is 1.62 bits per heavy atom. The van der Waals surface area contributed by atoms with Crippen molar-refractivity contribution in [2.45, 2.75) is 12.8 Å². The van der Waals surface area contributed by atoms with E-state index < -0.39 is 0 Å². The molecule has 1 heterocycles. The van der Waals surface area contributed by atoms with Crippen LogP contribution in [0.25, 0.3) is 0 Å². The monoisotopic (exact) mass is 280 g/mol. The van der Waals surface area contributed by atoms with E-state index in [-0.39, 0.29) is 0 Å². The Bertz CT molecular complexity index is 240. The molecule has 0 atom stereocenters. The summed E-state index contributed by atoms with van der Waals surface area (Å²) in [5, 5.41) is 6.29. The van der Waals surface area contributed by atoms with Crippen LogP contribution in [0.4, 0.5) is 5.13 Å². The van der Waals surface area contributed by atoms with Crippen molar-refractivity contribution in [1.82, 2.24) is 4.98 Å². The highest BCUT2D eigenvalue weighted by Crippen LogP contribution is 2.19. The van der Waals surface area contributed by atoms with E-state index in [1.54, 1.807) is 11.3 Å². The van der Waals surface area contributed by atoms with Crippen molar-refractivity contribution in [3.8, 4) is 0 Å². The van der Waals surface area contributed by atoms with Crippen molar-refractivity contribution in [3.05, 3.63) is 9.98 Å². The van der Waals surface area contributed by atoms with Crippen LogP contribution in [0.5, 0.6) is 0 Å². The van der Waals surface area contributed by atoms with Gasteiger partial charge in [-0.15, -0.1) is 11.3 Å². The molecule has 0 radical (unpaired) electrons. The van der Waals surface area contributed by atoms with E-state index in [0.29, 0.717) is 0 Å². The van der Waals surface area contributed by atoms with Gasteiger partial charge in [0, 0.05) is 11.9 Å². The number of unbranched alkanes of at least 4 members (excludes halogenated alkanes) is 1. The molecule has 1 aromatic heterocycles. The fourth-order valence-corrected chi connectivity index (χ4v) is 2.57. The Balaban J connectivity index is 2.06. The number of nitrogens with zero attached hydrogens (tertiary/aromatic N) is 1. The molecule has 2 nitrogen and oxygen atoms in total. The first-order chi connectivity index (χ1) is 6.33. The second-order valence-corrected chi connectivity index (χ2v) is 5.26. The van der Waals surface area contributed by atoms with Gasteiger partial charge in [0.15, 0.2) is 5.13 Å². The van der Waals surface area contributed by atoms with Gasteiger partial charge >= 0.3 is 0 Å². The van der Waals surface area contributed by atoms with Gasteiger partial charge in [-0.2, -0.15) is 11.8 Å². The zero-order valence-electron chi connectivity index (χ0n) is 7.55. The third-order valence-electron chi connectivity index (χ3n) is 1.53. The number of thiazole rings is 1. The summed E-state index contributed by atoms with van der Waals surface area (Å²) in [6.45, 7) is 1.03. The zero-order valence-corrected chi connectivity index (χ0v) is 10.8. The number of hydrogen-bond donors (Lipinski definition) is 1. The van der Waals surface area contributed by atoms with E-state index in [2.05, 4.69) is 32.5 Å². The topological polar surface area (TPSA) is 24.9 Å². The van der Waals surface area contributed by atoms with Gasteiger partial charge in [-0.05, 0) is 40.8 Å². The first-order valence-electron chi connectivity index (χ1n) is 4.17. The molecule has 0 fully saturated rings. The van der Waals surface area contributed by atoms with Crippen molar-refractivity contribution < 1.29 is 0 Å². The molecule has 0 aliphatic rings. The molecule has 1 rings (SSSR count). The number of aromatic nitrogens is 1. The summed E-state index contributed by atoms with van der Waals surface area (Å²) in [6, 6.07) is 0. The molecule has 13 heavy (non-hydrogen) atoms. The van der Waals surface area contributed by atoms with Gasteiger partial charge in [0.1, 0.15) is 4.60 Å². The van der Waals surface area contributed by atoms with Crippen LogP contribution in [0.15, 0.2) is 9.98 Å². The van der Waals surface area contributed by atoms with Crippen molar-refractivity contribution in [3.63, 3.8) is 0 Å². The van der Waals surface area contributed by atoms with Crippen LogP contribution in [0.3, 0.4) is 0 Å². The second kappa shape index (κ2) is 6.68. The van der Waals surface area contributed by atoms with E-state index in [4.69, 9.17) is 0 Å². The van der Waals surface area contributed by atoms with Crippen LogP contribution in [-0.2, 0) is 0 Å². The predicted octanol–water partition coefficient (Wildman–Crippen LogP) is 3.46. The number of thioether (sulfide) groups is 1. The van der Waals surface area contributed by atoms with Crippen LogP contribution in [0.1, 0.15) is 12.8 Å². The van der Waals surface area contributed by atoms with Gasteiger partial charge in [-0.25, -0.2) is 4.98 Å². The van der Waals surface area contributed by atoms with Gasteiger partial charge in [-0.1, -0.05) is 0 Å². The van der Waals surface area contributed by atoms with Crippen molar-refractivity contribution in [2.24, 2.45) is 0 Å². The van der Waals surface area contributed by atoms with Crippen LogP contribution in [0.2, 0.25) is 0 Å². The van der Waals surface area contributed by atoms with Gasteiger partial charge < -0.3 is 5.32 Å². The highest BCUT2D eigenvalue weighted by molar-refractivity contribution is 9.10. The lowest BCUT2D eigenvalue weighted by Crippen LogP contribution is -2.01.